The van der Waals surface area contributed by atoms with Crippen molar-refractivity contribution in [2.75, 3.05) is 6.54 Å². The molecule has 2 rings (SSSR count). The minimum atomic E-state index is -0.421. The van der Waals surface area contributed by atoms with Crippen LogP contribution < -0.4 is 11.1 Å². The molecule has 3 N–H and O–H groups in total. The minimum Gasteiger partial charge on any atom is -0.355 e. The topological polar surface area (TPSA) is 98.3 Å². The van der Waals surface area contributed by atoms with Gasteiger partial charge >= 0.3 is 0 Å². The first-order valence-corrected chi connectivity index (χ1v) is 7.34. The summed E-state index contributed by atoms with van der Waals surface area (Å²) in [6.45, 7) is 0.528. The van der Waals surface area contributed by atoms with Crippen LogP contribution in [0.5, 0.6) is 0 Å². The molecule has 114 valence electrons. The normalized spacial score (nSPS) is 21.8. The summed E-state index contributed by atoms with van der Waals surface area (Å²) in [5.74, 6) is -0.0419. The van der Waals surface area contributed by atoms with Crippen LogP contribution in [0.2, 0.25) is 0 Å². The average Bonchev–Trinajstić information content (AvgIpc) is 2.48. The van der Waals surface area contributed by atoms with E-state index in [-0.39, 0.29) is 23.6 Å². The Morgan fingerprint density at radius 1 is 1.29 bits per heavy atom. The maximum Gasteiger partial charge on any atom is 0.269 e. The van der Waals surface area contributed by atoms with Gasteiger partial charge in [-0.25, -0.2) is 0 Å². The van der Waals surface area contributed by atoms with E-state index in [4.69, 9.17) is 5.73 Å². The van der Waals surface area contributed by atoms with Gasteiger partial charge in [-0.2, -0.15) is 0 Å². The molecule has 1 aromatic carbocycles. The molecule has 2 unspecified atom stereocenters. The van der Waals surface area contributed by atoms with E-state index < -0.39 is 4.92 Å². The second kappa shape index (κ2) is 7.17. The zero-order chi connectivity index (χ0) is 15.2. The van der Waals surface area contributed by atoms with E-state index >= 15 is 0 Å². The molecule has 6 nitrogen and oxygen atoms in total. The predicted octanol–water partition coefficient (Wildman–Crippen LogP) is 1.77. The number of nitrogens with two attached hydrogens (primary N) is 1. The van der Waals surface area contributed by atoms with E-state index in [0.29, 0.717) is 13.0 Å². The summed E-state index contributed by atoms with van der Waals surface area (Å²) in [7, 11) is 0. The van der Waals surface area contributed by atoms with Crippen LogP contribution in [0.1, 0.15) is 31.2 Å². The van der Waals surface area contributed by atoms with Gasteiger partial charge in [-0.05, 0) is 24.8 Å². The van der Waals surface area contributed by atoms with Crippen molar-refractivity contribution >= 4 is 11.6 Å². The van der Waals surface area contributed by atoms with Crippen LogP contribution in [0.25, 0.3) is 0 Å². The lowest BCUT2D eigenvalue weighted by atomic mass is 9.84. The standard InChI is InChI=1S/C15H21N3O3/c16-14-4-2-1-3-13(14)15(19)17-10-9-11-5-7-12(8-6-11)18(20)21/h5-8,13-14H,1-4,9-10,16H2,(H,17,19). The highest BCUT2D eigenvalue weighted by Crippen LogP contribution is 2.22. The van der Waals surface area contributed by atoms with E-state index in [9.17, 15) is 14.9 Å². The van der Waals surface area contributed by atoms with Crippen molar-refractivity contribution in [2.45, 2.75) is 38.1 Å². The van der Waals surface area contributed by atoms with Crippen molar-refractivity contribution in [3.63, 3.8) is 0 Å². The third kappa shape index (κ3) is 4.26. The average molecular weight is 291 g/mol. The monoisotopic (exact) mass is 291 g/mol. The SMILES string of the molecule is NC1CCCCC1C(=O)NCCc1ccc([N+](=O)[O-])cc1. The van der Waals surface area contributed by atoms with Gasteiger partial charge in [-0.1, -0.05) is 25.0 Å². The number of hydrogen-bond acceptors (Lipinski definition) is 4. The van der Waals surface area contributed by atoms with Crippen molar-refractivity contribution in [3.05, 3.63) is 39.9 Å². The number of nitro benzene ring substituents is 1. The molecule has 21 heavy (non-hydrogen) atoms. The van der Waals surface area contributed by atoms with E-state index in [1.165, 1.54) is 12.1 Å². The van der Waals surface area contributed by atoms with Gasteiger partial charge in [-0.15, -0.1) is 0 Å². The molecular weight excluding hydrogens is 270 g/mol. The number of non-ortho nitro benzene ring substituents is 1. The number of carbonyl (C=O) groups is 1. The molecule has 0 heterocycles. The Morgan fingerprint density at radius 2 is 1.95 bits per heavy atom. The zero-order valence-corrected chi connectivity index (χ0v) is 12.0. The summed E-state index contributed by atoms with van der Waals surface area (Å²) < 4.78 is 0. The first kappa shape index (κ1) is 15.4. The summed E-state index contributed by atoms with van der Waals surface area (Å²) >= 11 is 0. The molecule has 1 aliphatic carbocycles. The first-order valence-electron chi connectivity index (χ1n) is 7.34. The van der Waals surface area contributed by atoms with Crippen LogP contribution in [-0.2, 0) is 11.2 Å². The zero-order valence-electron chi connectivity index (χ0n) is 12.0. The van der Waals surface area contributed by atoms with Gasteiger partial charge in [0.2, 0.25) is 5.91 Å². The summed E-state index contributed by atoms with van der Waals surface area (Å²) in [5, 5.41) is 13.5. The molecule has 0 radical (unpaired) electrons. The van der Waals surface area contributed by atoms with Gasteiger partial charge in [0.15, 0.2) is 0 Å². The van der Waals surface area contributed by atoms with Crippen molar-refractivity contribution in [1.82, 2.24) is 5.32 Å². The molecule has 1 amide bonds. The van der Waals surface area contributed by atoms with Gasteiger partial charge in [0.05, 0.1) is 10.8 Å². The van der Waals surface area contributed by atoms with Crippen molar-refractivity contribution < 1.29 is 9.72 Å². The highest BCUT2D eigenvalue weighted by Gasteiger charge is 2.27. The minimum absolute atomic E-state index is 0.0295. The molecule has 0 aliphatic heterocycles. The Morgan fingerprint density at radius 3 is 2.57 bits per heavy atom. The number of nitrogens with zero attached hydrogens (tertiary/aromatic N) is 1. The van der Waals surface area contributed by atoms with Crippen molar-refractivity contribution in [2.24, 2.45) is 11.7 Å². The van der Waals surface area contributed by atoms with E-state index in [1.807, 2.05) is 0 Å². The predicted molar refractivity (Wildman–Crippen MR) is 79.7 cm³/mol. The number of nitrogens with one attached hydrogen (secondary N) is 1. The summed E-state index contributed by atoms with van der Waals surface area (Å²) in [5.41, 5.74) is 7.03. The second-order valence-corrected chi connectivity index (χ2v) is 5.52. The van der Waals surface area contributed by atoms with Crippen LogP contribution in [0, 0.1) is 16.0 Å². The molecule has 0 aromatic heterocycles. The Bertz CT molecular complexity index is 501. The lowest BCUT2D eigenvalue weighted by Gasteiger charge is -2.27. The van der Waals surface area contributed by atoms with Gasteiger partial charge in [0, 0.05) is 24.7 Å². The van der Waals surface area contributed by atoms with Gasteiger partial charge in [0.25, 0.3) is 5.69 Å². The van der Waals surface area contributed by atoms with Gasteiger partial charge in [-0.3, -0.25) is 14.9 Å². The molecule has 2 atom stereocenters. The molecule has 1 aromatic rings. The third-order valence-electron chi connectivity index (χ3n) is 4.02. The van der Waals surface area contributed by atoms with Crippen LogP contribution in [0.4, 0.5) is 5.69 Å². The molecule has 0 bridgehead atoms. The van der Waals surface area contributed by atoms with Crippen LogP contribution in [0.15, 0.2) is 24.3 Å². The molecule has 6 heteroatoms. The third-order valence-corrected chi connectivity index (χ3v) is 4.02. The maximum absolute atomic E-state index is 12.1. The maximum atomic E-state index is 12.1. The van der Waals surface area contributed by atoms with Gasteiger partial charge in [0.1, 0.15) is 0 Å². The number of amides is 1. The summed E-state index contributed by atoms with van der Waals surface area (Å²) in [6.07, 6.45) is 4.61. The smallest absolute Gasteiger partial charge is 0.269 e. The van der Waals surface area contributed by atoms with Crippen LogP contribution in [-0.4, -0.2) is 23.4 Å². The van der Waals surface area contributed by atoms with Crippen molar-refractivity contribution in [1.29, 1.82) is 0 Å². The Labute approximate surface area is 123 Å². The molecule has 0 saturated heterocycles. The molecule has 1 fully saturated rings. The second-order valence-electron chi connectivity index (χ2n) is 5.52. The number of hydrogen-bond donors (Lipinski definition) is 2. The van der Waals surface area contributed by atoms with E-state index in [1.54, 1.807) is 12.1 Å². The lowest BCUT2D eigenvalue weighted by molar-refractivity contribution is -0.384. The highest BCUT2D eigenvalue weighted by molar-refractivity contribution is 5.79. The molecule has 1 aliphatic rings. The van der Waals surface area contributed by atoms with Crippen LogP contribution in [0.3, 0.4) is 0 Å². The fourth-order valence-corrected chi connectivity index (χ4v) is 2.73. The number of carbonyl (C=O) groups excluding carboxylic acids is 1. The lowest BCUT2D eigenvalue weighted by Crippen LogP contribution is -2.44. The summed E-state index contributed by atoms with van der Waals surface area (Å²) in [6, 6.07) is 6.37. The van der Waals surface area contributed by atoms with Crippen molar-refractivity contribution in [3.8, 4) is 0 Å². The quantitative estimate of drug-likeness (QED) is 0.638. The molecule has 0 spiro atoms. The number of rotatable bonds is 5. The Kier molecular flexibility index (Phi) is 5.27. The van der Waals surface area contributed by atoms with E-state index in [2.05, 4.69) is 5.32 Å². The van der Waals surface area contributed by atoms with Crippen LogP contribution >= 0.6 is 0 Å². The fourth-order valence-electron chi connectivity index (χ4n) is 2.73. The van der Waals surface area contributed by atoms with E-state index in [0.717, 1.165) is 31.2 Å². The Balaban J connectivity index is 1.78. The molecular formula is C15H21N3O3. The summed E-state index contributed by atoms with van der Waals surface area (Å²) in [4.78, 5) is 22.2. The molecule has 1 saturated carbocycles. The Hall–Kier alpha value is -1.95. The number of benzene rings is 1. The highest BCUT2D eigenvalue weighted by atomic mass is 16.6. The van der Waals surface area contributed by atoms with Gasteiger partial charge < -0.3 is 11.1 Å². The number of nitro groups is 1. The largest absolute Gasteiger partial charge is 0.355 e. The first-order chi connectivity index (χ1) is 10.1. The fraction of sp³-hybridized carbons (Fsp3) is 0.533.